The Bertz CT molecular complexity index is 663. The number of ether oxygens (including phenoxy) is 2. The molecule has 0 atom stereocenters. The minimum atomic E-state index is -1.05. The molecule has 0 amide bonds. The number of aliphatic carboxylic acids is 1. The highest BCUT2D eigenvalue weighted by molar-refractivity contribution is 5.86. The molecule has 0 unspecified atom stereocenters. The second kappa shape index (κ2) is 6.56. The Morgan fingerprint density at radius 2 is 2.24 bits per heavy atom. The van der Waals surface area contributed by atoms with Crippen LogP contribution in [0.2, 0.25) is 0 Å². The number of hydrogen-bond donors (Lipinski definition) is 1. The van der Waals surface area contributed by atoms with Gasteiger partial charge in [-0.1, -0.05) is 12.1 Å². The van der Waals surface area contributed by atoms with E-state index in [0.717, 1.165) is 6.08 Å². The van der Waals surface area contributed by atoms with Crippen LogP contribution in [0.3, 0.4) is 0 Å². The predicted octanol–water partition coefficient (Wildman–Crippen LogP) is 2.06. The first-order valence-corrected chi connectivity index (χ1v) is 6.10. The minimum absolute atomic E-state index is 0.0646. The van der Waals surface area contributed by atoms with Crippen LogP contribution in [-0.4, -0.2) is 28.4 Å². The first kappa shape index (κ1) is 14.6. The quantitative estimate of drug-likeness (QED) is 0.813. The van der Waals surface area contributed by atoms with Gasteiger partial charge in [-0.25, -0.2) is 4.79 Å². The van der Waals surface area contributed by atoms with Crippen molar-refractivity contribution in [3.63, 3.8) is 0 Å². The lowest BCUT2D eigenvalue weighted by atomic mass is 10.1. The van der Waals surface area contributed by atoms with Crippen molar-refractivity contribution in [3.05, 3.63) is 41.6 Å². The maximum atomic E-state index is 10.6. The van der Waals surface area contributed by atoms with Gasteiger partial charge in [0, 0.05) is 18.6 Å². The van der Waals surface area contributed by atoms with Crippen molar-refractivity contribution in [2.24, 2.45) is 0 Å². The number of para-hydroxylation sites is 1. The van der Waals surface area contributed by atoms with Gasteiger partial charge in [0.05, 0.1) is 7.11 Å². The van der Waals surface area contributed by atoms with Gasteiger partial charge in [-0.3, -0.25) is 0 Å². The molecule has 7 heteroatoms. The average Bonchev–Trinajstić information content (AvgIpc) is 2.88. The third-order valence-corrected chi connectivity index (χ3v) is 2.54. The highest BCUT2D eigenvalue weighted by Gasteiger charge is 2.11. The number of aryl methyl sites for hydroxylation is 1. The van der Waals surface area contributed by atoms with Crippen molar-refractivity contribution < 1.29 is 23.8 Å². The number of hydrogen-bond acceptors (Lipinski definition) is 6. The van der Waals surface area contributed by atoms with Crippen molar-refractivity contribution in [2.45, 2.75) is 13.5 Å². The summed E-state index contributed by atoms with van der Waals surface area (Å²) in [6.07, 6.45) is 2.46. The maximum Gasteiger partial charge on any atom is 0.328 e. The fraction of sp³-hybridized carbons (Fsp3) is 0.214. The van der Waals surface area contributed by atoms with Crippen LogP contribution >= 0.6 is 0 Å². The lowest BCUT2D eigenvalue weighted by Gasteiger charge is -2.11. The molecule has 21 heavy (non-hydrogen) atoms. The van der Waals surface area contributed by atoms with Gasteiger partial charge in [-0.15, -0.1) is 10.2 Å². The summed E-state index contributed by atoms with van der Waals surface area (Å²) in [6, 6.07) is 5.17. The smallest absolute Gasteiger partial charge is 0.328 e. The first-order chi connectivity index (χ1) is 10.1. The molecule has 0 aliphatic rings. The Morgan fingerprint density at radius 3 is 2.86 bits per heavy atom. The number of aromatic nitrogens is 2. The van der Waals surface area contributed by atoms with Crippen LogP contribution in [0.25, 0.3) is 6.08 Å². The largest absolute Gasteiger partial charge is 0.493 e. The monoisotopic (exact) mass is 290 g/mol. The maximum absolute atomic E-state index is 10.6. The van der Waals surface area contributed by atoms with E-state index in [4.69, 9.17) is 19.0 Å². The highest BCUT2D eigenvalue weighted by Crippen LogP contribution is 2.32. The number of nitrogens with zero attached hydrogens (tertiary/aromatic N) is 2. The molecule has 0 bridgehead atoms. The molecule has 0 saturated heterocycles. The van der Waals surface area contributed by atoms with Crippen molar-refractivity contribution in [1.29, 1.82) is 0 Å². The Labute approximate surface area is 120 Å². The van der Waals surface area contributed by atoms with Gasteiger partial charge in [0.25, 0.3) is 5.89 Å². The van der Waals surface area contributed by atoms with Gasteiger partial charge in [0.15, 0.2) is 18.1 Å². The molecule has 1 aromatic heterocycles. The molecule has 0 aliphatic heterocycles. The van der Waals surface area contributed by atoms with Crippen molar-refractivity contribution in [1.82, 2.24) is 10.2 Å². The summed E-state index contributed by atoms with van der Waals surface area (Å²) in [5.41, 5.74) is 0.577. The zero-order chi connectivity index (χ0) is 15.2. The molecule has 110 valence electrons. The van der Waals surface area contributed by atoms with Gasteiger partial charge in [0.2, 0.25) is 5.89 Å². The van der Waals surface area contributed by atoms with Gasteiger partial charge in [0.1, 0.15) is 0 Å². The van der Waals surface area contributed by atoms with E-state index >= 15 is 0 Å². The average molecular weight is 290 g/mol. The van der Waals surface area contributed by atoms with E-state index < -0.39 is 5.97 Å². The SMILES string of the molecule is COc1cccc(/C=C/C(=O)O)c1OCc1nnc(C)o1. The summed E-state index contributed by atoms with van der Waals surface area (Å²) in [4.78, 5) is 10.6. The summed E-state index contributed by atoms with van der Waals surface area (Å²) in [5, 5.41) is 16.2. The molecular formula is C14H14N2O5. The Balaban J connectivity index is 2.24. The summed E-state index contributed by atoms with van der Waals surface area (Å²) in [7, 11) is 1.50. The number of carboxylic acid groups (broad SMARTS) is 1. The van der Waals surface area contributed by atoms with Gasteiger partial charge < -0.3 is 19.0 Å². The van der Waals surface area contributed by atoms with Crippen LogP contribution in [0.5, 0.6) is 11.5 Å². The van der Waals surface area contributed by atoms with Gasteiger partial charge in [-0.2, -0.15) is 0 Å². The summed E-state index contributed by atoms with van der Waals surface area (Å²) < 4.78 is 16.1. The number of methoxy groups -OCH3 is 1. The molecule has 2 rings (SSSR count). The molecule has 0 aliphatic carbocycles. The molecule has 0 radical (unpaired) electrons. The molecule has 0 fully saturated rings. The molecule has 1 N–H and O–H groups in total. The van der Waals surface area contributed by atoms with E-state index in [9.17, 15) is 4.79 Å². The second-order valence-corrected chi connectivity index (χ2v) is 4.05. The van der Waals surface area contributed by atoms with Crippen LogP contribution in [0.1, 0.15) is 17.3 Å². The molecule has 7 nitrogen and oxygen atoms in total. The Hall–Kier alpha value is -2.83. The zero-order valence-electron chi connectivity index (χ0n) is 11.6. The fourth-order valence-electron chi connectivity index (χ4n) is 1.67. The van der Waals surface area contributed by atoms with Gasteiger partial charge in [-0.05, 0) is 12.1 Å². The topological polar surface area (TPSA) is 94.7 Å². The van der Waals surface area contributed by atoms with Crippen LogP contribution in [0, 0.1) is 6.92 Å². The molecular weight excluding hydrogens is 276 g/mol. The van der Waals surface area contributed by atoms with Crippen LogP contribution in [0.4, 0.5) is 0 Å². The number of benzene rings is 1. The minimum Gasteiger partial charge on any atom is -0.493 e. The van der Waals surface area contributed by atoms with E-state index in [1.54, 1.807) is 25.1 Å². The molecule has 1 aromatic carbocycles. The van der Waals surface area contributed by atoms with E-state index in [1.165, 1.54) is 13.2 Å². The Kier molecular flexibility index (Phi) is 4.55. The fourth-order valence-corrected chi connectivity index (χ4v) is 1.67. The van der Waals surface area contributed by atoms with Gasteiger partial charge >= 0.3 is 5.97 Å². The zero-order valence-corrected chi connectivity index (χ0v) is 11.6. The normalized spacial score (nSPS) is 10.8. The molecule has 2 aromatic rings. The second-order valence-electron chi connectivity index (χ2n) is 4.05. The lowest BCUT2D eigenvalue weighted by Crippen LogP contribution is -2.00. The predicted molar refractivity (Wildman–Crippen MR) is 73.0 cm³/mol. The number of carbonyl (C=O) groups is 1. The Morgan fingerprint density at radius 1 is 1.43 bits per heavy atom. The van der Waals surface area contributed by atoms with Crippen molar-refractivity contribution >= 4 is 12.0 Å². The van der Waals surface area contributed by atoms with E-state index in [-0.39, 0.29) is 6.61 Å². The molecule has 1 heterocycles. The van der Waals surface area contributed by atoms with E-state index in [2.05, 4.69) is 10.2 Å². The number of carboxylic acids is 1. The van der Waals surface area contributed by atoms with Crippen LogP contribution in [0.15, 0.2) is 28.7 Å². The lowest BCUT2D eigenvalue weighted by molar-refractivity contribution is -0.131. The summed E-state index contributed by atoms with van der Waals surface area (Å²) in [5.74, 6) is 0.620. The van der Waals surface area contributed by atoms with E-state index in [0.29, 0.717) is 28.8 Å². The van der Waals surface area contributed by atoms with E-state index in [1.807, 2.05) is 0 Å². The van der Waals surface area contributed by atoms with Crippen molar-refractivity contribution in [2.75, 3.05) is 7.11 Å². The first-order valence-electron chi connectivity index (χ1n) is 6.10. The molecule has 0 saturated carbocycles. The summed E-state index contributed by atoms with van der Waals surface area (Å²) in [6.45, 7) is 1.75. The van der Waals surface area contributed by atoms with Crippen LogP contribution < -0.4 is 9.47 Å². The third kappa shape index (κ3) is 3.82. The summed E-state index contributed by atoms with van der Waals surface area (Å²) >= 11 is 0. The number of rotatable bonds is 6. The van der Waals surface area contributed by atoms with Crippen molar-refractivity contribution in [3.8, 4) is 11.5 Å². The van der Waals surface area contributed by atoms with Crippen LogP contribution in [-0.2, 0) is 11.4 Å². The third-order valence-electron chi connectivity index (χ3n) is 2.54. The highest BCUT2D eigenvalue weighted by atomic mass is 16.5. The standard InChI is InChI=1S/C14H14N2O5/c1-9-15-16-12(21-9)8-20-14-10(6-7-13(17)18)4-3-5-11(14)19-2/h3-7H,8H2,1-2H3,(H,17,18)/b7-6+. The molecule has 0 spiro atoms.